The van der Waals surface area contributed by atoms with Gasteiger partial charge in [-0.2, -0.15) is 5.10 Å². The lowest BCUT2D eigenvalue weighted by Gasteiger charge is -2.29. The van der Waals surface area contributed by atoms with Crippen LogP contribution in [0, 0.1) is 3.57 Å². The van der Waals surface area contributed by atoms with Crippen LogP contribution in [0.15, 0.2) is 30.6 Å². The zero-order valence-electron chi connectivity index (χ0n) is 10.3. The van der Waals surface area contributed by atoms with Gasteiger partial charge in [-0.15, -0.1) is 0 Å². The number of amides is 1. The van der Waals surface area contributed by atoms with Gasteiger partial charge in [0.2, 0.25) is 0 Å². The molecular formula is C13H12IN3O2. The fourth-order valence-corrected chi connectivity index (χ4v) is 2.55. The number of ether oxygens (including phenoxy) is 1. The lowest BCUT2D eigenvalue weighted by Crippen LogP contribution is -2.38. The van der Waals surface area contributed by atoms with Gasteiger partial charge in [0.1, 0.15) is 5.75 Å². The maximum atomic E-state index is 12.0. The van der Waals surface area contributed by atoms with Crippen molar-refractivity contribution in [3.63, 3.8) is 0 Å². The van der Waals surface area contributed by atoms with Crippen molar-refractivity contribution in [2.24, 2.45) is 7.05 Å². The predicted octanol–water partition coefficient (Wildman–Crippen LogP) is 1.95. The summed E-state index contributed by atoms with van der Waals surface area (Å²) in [6.07, 6.45) is 3.68. The van der Waals surface area contributed by atoms with Gasteiger partial charge >= 0.3 is 0 Å². The van der Waals surface area contributed by atoms with E-state index in [1.807, 2.05) is 31.4 Å². The lowest BCUT2D eigenvalue weighted by molar-refractivity contribution is -0.121. The average molecular weight is 369 g/mol. The van der Waals surface area contributed by atoms with Crippen molar-refractivity contribution >= 4 is 34.2 Å². The highest BCUT2D eigenvalue weighted by molar-refractivity contribution is 14.1. The maximum absolute atomic E-state index is 12.0. The number of hydrogen-bond acceptors (Lipinski definition) is 3. The summed E-state index contributed by atoms with van der Waals surface area (Å²) in [7, 11) is 1.86. The minimum atomic E-state index is -0.0300. The number of anilines is 1. The Morgan fingerprint density at radius 3 is 3.05 bits per heavy atom. The molecule has 3 rings (SSSR count). The van der Waals surface area contributed by atoms with Crippen molar-refractivity contribution in [1.29, 1.82) is 0 Å². The molecule has 5 nitrogen and oxygen atoms in total. The number of fused-ring (bicyclic) bond motifs is 1. The summed E-state index contributed by atoms with van der Waals surface area (Å²) < 4.78 is 8.29. The van der Waals surface area contributed by atoms with Crippen LogP contribution in [0.2, 0.25) is 0 Å². The first-order valence-corrected chi connectivity index (χ1v) is 6.91. The van der Waals surface area contributed by atoms with Crippen molar-refractivity contribution in [1.82, 2.24) is 9.78 Å². The van der Waals surface area contributed by atoms with Gasteiger partial charge in [0.05, 0.1) is 18.4 Å². The minimum absolute atomic E-state index is 0.0300. The molecule has 0 unspecified atom stereocenters. The maximum Gasteiger partial charge on any atom is 0.265 e. The zero-order chi connectivity index (χ0) is 13.4. The molecule has 1 aromatic heterocycles. The molecule has 0 N–H and O–H groups in total. The Morgan fingerprint density at radius 2 is 2.32 bits per heavy atom. The van der Waals surface area contributed by atoms with E-state index >= 15 is 0 Å². The number of carbonyl (C=O) groups excluding carboxylic acids is 1. The van der Waals surface area contributed by atoms with Gasteiger partial charge in [-0.05, 0) is 40.8 Å². The molecule has 6 heteroatoms. The number of benzene rings is 1. The molecule has 2 aromatic rings. The second-order valence-electron chi connectivity index (χ2n) is 4.40. The first kappa shape index (κ1) is 12.5. The third-order valence-electron chi connectivity index (χ3n) is 2.96. The zero-order valence-corrected chi connectivity index (χ0v) is 12.5. The minimum Gasteiger partial charge on any atom is -0.482 e. The van der Waals surface area contributed by atoms with Crippen molar-refractivity contribution in [3.05, 3.63) is 39.7 Å². The number of carbonyl (C=O) groups is 1. The molecule has 1 aliphatic rings. The molecule has 0 aliphatic carbocycles. The number of rotatable bonds is 2. The van der Waals surface area contributed by atoms with Crippen LogP contribution in [0.4, 0.5) is 5.69 Å². The van der Waals surface area contributed by atoms with Gasteiger partial charge in [0.15, 0.2) is 6.61 Å². The first-order chi connectivity index (χ1) is 9.13. The van der Waals surface area contributed by atoms with Crippen LogP contribution in [0.25, 0.3) is 0 Å². The Bertz CT molecular complexity index is 639. The van der Waals surface area contributed by atoms with E-state index in [-0.39, 0.29) is 12.5 Å². The molecule has 0 fully saturated rings. The van der Waals surface area contributed by atoms with Gasteiger partial charge in [-0.1, -0.05) is 0 Å². The van der Waals surface area contributed by atoms with Gasteiger partial charge in [0, 0.05) is 22.4 Å². The van der Waals surface area contributed by atoms with E-state index in [1.165, 1.54) is 0 Å². The van der Waals surface area contributed by atoms with Gasteiger partial charge in [0.25, 0.3) is 5.91 Å². The Balaban J connectivity index is 1.94. The number of hydrogen-bond donors (Lipinski definition) is 0. The highest BCUT2D eigenvalue weighted by Gasteiger charge is 2.25. The number of nitrogens with zero attached hydrogens (tertiary/aromatic N) is 3. The summed E-state index contributed by atoms with van der Waals surface area (Å²) in [5.41, 5.74) is 1.82. The van der Waals surface area contributed by atoms with Crippen molar-refractivity contribution in [2.45, 2.75) is 6.54 Å². The third-order valence-corrected chi connectivity index (χ3v) is 3.63. The number of halogens is 1. The molecule has 1 amide bonds. The van der Waals surface area contributed by atoms with Crippen LogP contribution < -0.4 is 9.64 Å². The summed E-state index contributed by atoms with van der Waals surface area (Å²) in [6, 6.07) is 5.83. The fourth-order valence-electron chi connectivity index (χ4n) is 2.09. The van der Waals surface area contributed by atoms with E-state index < -0.39 is 0 Å². The molecule has 0 bridgehead atoms. The molecule has 0 atom stereocenters. The smallest absolute Gasteiger partial charge is 0.265 e. The lowest BCUT2D eigenvalue weighted by atomic mass is 10.2. The molecule has 19 heavy (non-hydrogen) atoms. The first-order valence-electron chi connectivity index (χ1n) is 5.84. The summed E-state index contributed by atoms with van der Waals surface area (Å²) in [5.74, 6) is 0.730. The molecular weight excluding hydrogens is 357 g/mol. The van der Waals surface area contributed by atoms with Crippen molar-refractivity contribution in [3.8, 4) is 5.75 Å². The number of aryl methyl sites for hydroxylation is 1. The quantitative estimate of drug-likeness (QED) is 0.761. The third kappa shape index (κ3) is 2.44. The highest BCUT2D eigenvalue weighted by Crippen LogP contribution is 2.34. The van der Waals surface area contributed by atoms with Crippen LogP contribution in [0.3, 0.4) is 0 Å². The molecule has 0 radical (unpaired) electrons. The predicted molar refractivity (Wildman–Crippen MR) is 79.1 cm³/mol. The van der Waals surface area contributed by atoms with Crippen LogP contribution in [0.1, 0.15) is 5.56 Å². The van der Waals surface area contributed by atoms with E-state index in [9.17, 15) is 4.79 Å². The fraction of sp³-hybridized carbons (Fsp3) is 0.231. The Labute approximate surface area is 124 Å². The monoisotopic (exact) mass is 369 g/mol. The normalized spacial score (nSPS) is 14.2. The van der Waals surface area contributed by atoms with E-state index in [0.29, 0.717) is 6.54 Å². The summed E-state index contributed by atoms with van der Waals surface area (Å²) in [5, 5.41) is 4.12. The molecule has 2 heterocycles. The van der Waals surface area contributed by atoms with E-state index in [2.05, 4.69) is 27.7 Å². The standard InChI is InChI=1S/C13H12IN3O2/c1-16-6-9(5-15-16)7-17-11-3-2-10(14)4-12(11)19-8-13(17)18/h2-6H,7-8H2,1H3. The largest absolute Gasteiger partial charge is 0.482 e. The number of aromatic nitrogens is 2. The van der Waals surface area contributed by atoms with E-state index in [0.717, 1.165) is 20.6 Å². The summed E-state index contributed by atoms with van der Waals surface area (Å²) >= 11 is 2.23. The van der Waals surface area contributed by atoms with Crippen molar-refractivity contribution in [2.75, 3.05) is 11.5 Å². The molecule has 0 spiro atoms. The highest BCUT2D eigenvalue weighted by atomic mass is 127. The van der Waals surface area contributed by atoms with E-state index in [1.54, 1.807) is 15.8 Å². The van der Waals surface area contributed by atoms with Crippen LogP contribution in [0.5, 0.6) is 5.75 Å². The SMILES string of the molecule is Cn1cc(CN2C(=O)COc3cc(I)ccc32)cn1. The molecule has 0 saturated heterocycles. The van der Waals surface area contributed by atoms with Crippen LogP contribution in [-0.2, 0) is 18.4 Å². The molecule has 1 aliphatic heterocycles. The molecule has 0 saturated carbocycles. The van der Waals surface area contributed by atoms with Crippen LogP contribution >= 0.6 is 22.6 Å². The second-order valence-corrected chi connectivity index (χ2v) is 5.65. The average Bonchev–Trinajstić information content (AvgIpc) is 2.78. The van der Waals surface area contributed by atoms with Crippen LogP contribution in [-0.4, -0.2) is 22.3 Å². The summed E-state index contributed by atoms with van der Waals surface area (Å²) in [4.78, 5) is 13.8. The van der Waals surface area contributed by atoms with Gasteiger partial charge in [-0.3, -0.25) is 9.48 Å². The van der Waals surface area contributed by atoms with Crippen molar-refractivity contribution < 1.29 is 9.53 Å². The Kier molecular flexibility index (Phi) is 3.17. The summed E-state index contributed by atoms with van der Waals surface area (Å²) in [6.45, 7) is 0.608. The van der Waals surface area contributed by atoms with Gasteiger partial charge in [-0.25, -0.2) is 0 Å². The molecule has 1 aromatic carbocycles. The second kappa shape index (κ2) is 4.84. The Hall–Kier alpha value is -1.57. The van der Waals surface area contributed by atoms with Gasteiger partial charge < -0.3 is 9.64 Å². The van der Waals surface area contributed by atoms with E-state index in [4.69, 9.17) is 4.74 Å². The topological polar surface area (TPSA) is 47.4 Å². The Morgan fingerprint density at radius 1 is 1.47 bits per heavy atom. The molecule has 98 valence electrons.